The van der Waals surface area contributed by atoms with Crippen molar-refractivity contribution < 1.29 is 17.9 Å². The third-order valence-electron chi connectivity index (χ3n) is 2.42. The van der Waals surface area contributed by atoms with E-state index in [0.29, 0.717) is 12.1 Å². The van der Waals surface area contributed by atoms with Crippen LogP contribution in [-0.4, -0.2) is 17.3 Å². The first-order chi connectivity index (χ1) is 8.36. The van der Waals surface area contributed by atoms with E-state index in [9.17, 15) is 13.2 Å². The fraction of sp³-hybridized carbons (Fsp3) is 0.583. The smallest absolute Gasteiger partial charge is 0.425 e. The Labute approximate surface area is 104 Å². The monoisotopic (exact) mass is 262 g/mol. The van der Waals surface area contributed by atoms with Crippen LogP contribution in [0.5, 0.6) is 5.88 Å². The summed E-state index contributed by atoms with van der Waals surface area (Å²) >= 11 is 0. The highest BCUT2D eigenvalue weighted by atomic mass is 19.4. The topological polar surface area (TPSA) is 48.1 Å². The molecule has 1 rings (SSSR count). The van der Waals surface area contributed by atoms with Gasteiger partial charge < -0.3 is 10.5 Å². The number of alkyl halides is 3. The predicted octanol–water partition coefficient (Wildman–Crippen LogP) is 2.82. The first-order valence-electron chi connectivity index (χ1n) is 5.80. The van der Waals surface area contributed by atoms with Gasteiger partial charge in [-0.3, -0.25) is 0 Å². The lowest BCUT2D eigenvalue weighted by atomic mass is 10.1. The van der Waals surface area contributed by atoms with Crippen LogP contribution in [-0.2, 0) is 13.0 Å². The Morgan fingerprint density at radius 1 is 1.39 bits per heavy atom. The first-order valence-corrected chi connectivity index (χ1v) is 5.80. The molecule has 0 radical (unpaired) electrons. The quantitative estimate of drug-likeness (QED) is 0.887. The van der Waals surface area contributed by atoms with Gasteiger partial charge in [0, 0.05) is 18.3 Å². The predicted molar refractivity (Wildman–Crippen MR) is 62.3 cm³/mol. The van der Waals surface area contributed by atoms with Crippen LogP contribution in [0, 0.1) is 0 Å². The Morgan fingerprint density at radius 2 is 2.06 bits per heavy atom. The van der Waals surface area contributed by atoms with Crippen molar-refractivity contribution >= 4 is 0 Å². The molecule has 2 N–H and O–H groups in total. The Balaban J connectivity index is 2.90. The highest BCUT2D eigenvalue weighted by Crippen LogP contribution is 2.24. The molecule has 18 heavy (non-hydrogen) atoms. The minimum absolute atomic E-state index is 0.0220. The van der Waals surface area contributed by atoms with Crippen molar-refractivity contribution in [3.8, 4) is 5.88 Å². The average molecular weight is 262 g/mol. The number of aromatic nitrogens is 1. The van der Waals surface area contributed by atoms with Crippen molar-refractivity contribution in [2.75, 3.05) is 0 Å². The van der Waals surface area contributed by atoms with Crippen LogP contribution in [0.2, 0.25) is 0 Å². The van der Waals surface area contributed by atoms with Gasteiger partial charge >= 0.3 is 6.18 Å². The summed E-state index contributed by atoms with van der Waals surface area (Å²) in [6, 6.07) is 3.23. The summed E-state index contributed by atoms with van der Waals surface area (Å²) in [6.07, 6.45) is -4.74. The van der Waals surface area contributed by atoms with Crippen LogP contribution in [0.25, 0.3) is 0 Å². The molecule has 102 valence electrons. The molecule has 6 heteroatoms. The molecule has 0 aliphatic carbocycles. The summed E-state index contributed by atoms with van der Waals surface area (Å²) < 4.78 is 42.0. The van der Waals surface area contributed by atoms with E-state index < -0.39 is 12.3 Å². The van der Waals surface area contributed by atoms with Crippen LogP contribution >= 0.6 is 0 Å². The molecule has 3 nitrogen and oxygen atoms in total. The molecular weight excluding hydrogens is 245 g/mol. The highest BCUT2D eigenvalue weighted by molar-refractivity contribution is 5.25. The summed E-state index contributed by atoms with van der Waals surface area (Å²) in [5.74, 6) is -0.0220. The third-order valence-corrected chi connectivity index (χ3v) is 2.42. The highest BCUT2D eigenvalue weighted by Gasteiger charge is 2.38. The SMILES string of the molecule is CCCc1cc(CN)cc(OC(C)C(F)(F)F)n1. The molecule has 0 fully saturated rings. The number of aryl methyl sites for hydroxylation is 1. The van der Waals surface area contributed by atoms with Crippen LogP contribution in [0.4, 0.5) is 13.2 Å². The van der Waals surface area contributed by atoms with E-state index in [1.807, 2.05) is 6.92 Å². The van der Waals surface area contributed by atoms with Crippen LogP contribution in [0.3, 0.4) is 0 Å². The number of pyridine rings is 1. The van der Waals surface area contributed by atoms with Gasteiger partial charge in [-0.2, -0.15) is 13.2 Å². The van der Waals surface area contributed by atoms with Crippen molar-refractivity contribution in [3.05, 3.63) is 23.4 Å². The van der Waals surface area contributed by atoms with Gasteiger partial charge in [-0.15, -0.1) is 0 Å². The summed E-state index contributed by atoms with van der Waals surface area (Å²) in [6.45, 7) is 3.17. The van der Waals surface area contributed by atoms with E-state index >= 15 is 0 Å². The second-order valence-electron chi connectivity index (χ2n) is 4.06. The molecule has 1 unspecified atom stereocenters. The van der Waals surface area contributed by atoms with Crippen molar-refractivity contribution in [3.63, 3.8) is 0 Å². The van der Waals surface area contributed by atoms with Gasteiger partial charge in [-0.05, 0) is 25.0 Å². The molecule has 0 saturated carbocycles. The maximum absolute atomic E-state index is 12.4. The van der Waals surface area contributed by atoms with E-state index in [2.05, 4.69) is 4.98 Å². The molecule has 0 aliphatic rings. The molecule has 0 aromatic carbocycles. The molecule has 1 aromatic heterocycles. The summed E-state index contributed by atoms with van der Waals surface area (Å²) in [7, 11) is 0. The molecule has 0 bridgehead atoms. The zero-order chi connectivity index (χ0) is 13.8. The van der Waals surface area contributed by atoms with E-state index in [-0.39, 0.29) is 12.4 Å². The van der Waals surface area contributed by atoms with Crippen molar-refractivity contribution in [1.82, 2.24) is 4.98 Å². The minimum Gasteiger partial charge on any atom is -0.465 e. The number of ether oxygens (including phenoxy) is 1. The fourth-order valence-electron chi connectivity index (χ4n) is 1.43. The van der Waals surface area contributed by atoms with Gasteiger partial charge in [-0.1, -0.05) is 13.3 Å². The lowest BCUT2D eigenvalue weighted by Gasteiger charge is -2.17. The largest absolute Gasteiger partial charge is 0.465 e. The van der Waals surface area contributed by atoms with Crippen LogP contribution in [0.1, 0.15) is 31.5 Å². The van der Waals surface area contributed by atoms with Crippen molar-refractivity contribution in [1.29, 1.82) is 0 Å². The molecule has 0 saturated heterocycles. The fourth-order valence-corrected chi connectivity index (χ4v) is 1.43. The summed E-state index contributed by atoms with van der Waals surface area (Å²) in [4.78, 5) is 4.05. The zero-order valence-electron chi connectivity index (χ0n) is 10.4. The zero-order valence-corrected chi connectivity index (χ0v) is 10.4. The lowest BCUT2D eigenvalue weighted by molar-refractivity contribution is -0.190. The maximum atomic E-state index is 12.4. The Morgan fingerprint density at radius 3 is 2.56 bits per heavy atom. The van der Waals surface area contributed by atoms with E-state index in [0.717, 1.165) is 18.9 Å². The number of hydrogen-bond donors (Lipinski definition) is 1. The Kier molecular flexibility index (Phi) is 4.95. The number of hydrogen-bond acceptors (Lipinski definition) is 3. The van der Waals surface area contributed by atoms with Gasteiger partial charge in [-0.25, -0.2) is 4.98 Å². The Bertz CT molecular complexity index is 393. The second kappa shape index (κ2) is 6.04. The standard InChI is InChI=1S/C12H17F3N2O/c1-3-4-10-5-9(7-16)6-11(17-10)18-8(2)12(13,14)15/h5-6,8H,3-4,7,16H2,1-2H3. The van der Waals surface area contributed by atoms with Crippen LogP contribution < -0.4 is 10.5 Å². The van der Waals surface area contributed by atoms with Gasteiger partial charge in [0.05, 0.1) is 0 Å². The molecule has 1 atom stereocenters. The molecule has 0 amide bonds. The first kappa shape index (κ1) is 14.8. The maximum Gasteiger partial charge on any atom is 0.425 e. The second-order valence-corrected chi connectivity index (χ2v) is 4.06. The number of nitrogens with zero attached hydrogens (tertiary/aromatic N) is 1. The third kappa shape index (κ3) is 4.18. The number of halogens is 3. The normalized spacial score (nSPS) is 13.4. The van der Waals surface area contributed by atoms with E-state index in [1.54, 1.807) is 6.07 Å². The van der Waals surface area contributed by atoms with Gasteiger partial charge in [0.2, 0.25) is 5.88 Å². The Hall–Kier alpha value is -1.30. The van der Waals surface area contributed by atoms with Crippen LogP contribution in [0.15, 0.2) is 12.1 Å². The minimum atomic E-state index is -4.40. The lowest BCUT2D eigenvalue weighted by Crippen LogP contribution is -2.31. The molecule has 1 aromatic rings. The van der Waals surface area contributed by atoms with Gasteiger partial charge in [0.1, 0.15) is 0 Å². The average Bonchev–Trinajstić information content (AvgIpc) is 2.27. The van der Waals surface area contributed by atoms with E-state index in [4.69, 9.17) is 10.5 Å². The molecule has 1 heterocycles. The molecular formula is C12H17F3N2O. The van der Waals surface area contributed by atoms with Crippen molar-refractivity contribution in [2.45, 2.75) is 45.5 Å². The van der Waals surface area contributed by atoms with Gasteiger partial charge in [0.25, 0.3) is 0 Å². The van der Waals surface area contributed by atoms with Crippen molar-refractivity contribution in [2.24, 2.45) is 5.73 Å². The molecule has 0 spiro atoms. The molecule has 0 aliphatic heterocycles. The number of rotatable bonds is 5. The number of nitrogens with two attached hydrogens (primary N) is 1. The summed E-state index contributed by atoms with van der Waals surface area (Å²) in [5.41, 5.74) is 6.91. The van der Waals surface area contributed by atoms with E-state index in [1.165, 1.54) is 6.07 Å². The van der Waals surface area contributed by atoms with Gasteiger partial charge in [0.15, 0.2) is 6.10 Å². The summed E-state index contributed by atoms with van der Waals surface area (Å²) in [5, 5.41) is 0.